The monoisotopic (exact) mass is 311 g/mol. The van der Waals surface area contributed by atoms with Crippen molar-refractivity contribution in [2.45, 2.75) is 18.7 Å². The molecular weight excluding hydrogens is 294 g/mol. The zero-order valence-corrected chi connectivity index (χ0v) is 12.7. The van der Waals surface area contributed by atoms with Crippen LogP contribution in [-0.2, 0) is 14.8 Å². The van der Waals surface area contributed by atoms with Gasteiger partial charge in [-0.05, 0) is 31.6 Å². The van der Waals surface area contributed by atoms with E-state index in [-0.39, 0.29) is 17.2 Å². The molecule has 114 valence electrons. The Morgan fingerprint density at radius 2 is 2.14 bits per heavy atom. The fourth-order valence-corrected chi connectivity index (χ4v) is 2.96. The van der Waals surface area contributed by atoms with Gasteiger partial charge >= 0.3 is 5.97 Å². The van der Waals surface area contributed by atoms with Crippen molar-refractivity contribution in [1.82, 2.24) is 4.72 Å². The Morgan fingerprint density at radius 1 is 1.48 bits per heavy atom. The molecule has 21 heavy (non-hydrogen) atoms. The topological polar surface area (TPSA) is 92.7 Å². The second-order valence-electron chi connectivity index (χ2n) is 4.28. The fraction of sp³-hybridized carbons (Fsp3) is 0.286. The normalized spacial score (nSPS) is 10.8. The molecule has 0 spiro atoms. The highest BCUT2D eigenvalue weighted by Gasteiger charge is 2.20. The minimum absolute atomic E-state index is 0.0472. The molecule has 0 radical (unpaired) electrons. The molecule has 1 aromatic carbocycles. The van der Waals surface area contributed by atoms with Crippen molar-refractivity contribution in [3.8, 4) is 5.75 Å². The van der Waals surface area contributed by atoms with Crippen LogP contribution >= 0.6 is 0 Å². The number of benzene rings is 1. The Labute approximate surface area is 123 Å². The first-order valence-electron chi connectivity index (χ1n) is 6.08. The molecule has 0 heterocycles. The van der Waals surface area contributed by atoms with E-state index < -0.39 is 22.6 Å². The average molecular weight is 311 g/mol. The molecule has 2 N–H and O–H groups in total. The van der Waals surface area contributed by atoms with E-state index in [2.05, 4.69) is 17.0 Å². The first-order chi connectivity index (χ1) is 9.79. The van der Waals surface area contributed by atoms with E-state index in [0.717, 1.165) is 0 Å². The number of hydrogen-bond acceptors (Lipinski definition) is 4. The maximum Gasteiger partial charge on any atom is 0.341 e. The molecule has 0 aliphatic rings. The Balaban J connectivity index is 3.17. The van der Waals surface area contributed by atoms with Crippen LogP contribution < -0.4 is 9.46 Å². The zero-order chi connectivity index (χ0) is 16.0. The Kier molecular flexibility index (Phi) is 5.72. The van der Waals surface area contributed by atoms with Crippen molar-refractivity contribution in [1.29, 1.82) is 0 Å². The second kappa shape index (κ2) is 7.08. The summed E-state index contributed by atoms with van der Waals surface area (Å²) in [4.78, 5) is 10.6. The summed E-state index contributed by atoms with van der Waals surface area (Å²) in [5.74, 6) is -0.865. The number of rotatable bonds is 7. The minimum Gasteiger partial charge on any atom is -0.481 e. The summed E-state index contributed by atoms with van der Waals surface area (Å²) >= 11 is 0. The molecule has 0 atom stereocenters. The number of aliphatic carboxylic acids is 1. The van der Waals surface area contributed by atoms with Crippen LogP contribution in [0, 0.1) is 13.8 Å². The van der Waals surface area contributed by atoms with Gasteiger partial charge in [-0.15, -0.1) is 5.73 Å². The summed E-state index contributed by atoms with van der Waals surface area (Å²) in [6.07, 6.45) is 1.45. The quantitative estimate of drug-likeness (QED) is 0.742. The molecule has 0 bridgehead atoms. The van der Waals surface area contributed by atoms with Crippen molar-refractivity contribution >= 4 is 16.0 Å². The molecule has 0 aliphatic carbocycles. The van der Waals surface area contributed by atoms with E-state index in [9.17, 15) is 13.2 Å². The van der Waals surface area contributed by atoms with Crippen LogP contribution in [-0.4, -0.2) is 32.6 Å². The third-order valence-electron chi connectivity index (χ3n) is 2.70. The van der Waals surface area contributed by atoms with Crippen LogP contribution in [0.15, 0.2) is 35.4 Å². The average Bonchev–Trinajstić information content (AvgIpc) is 2.37. The number of carbonyl (C=O) groups is 1. The number of nitrogens with one attached hydrogen (secondary N) is 1. The summed E-state index contributed by atoms with van der Waals surface area (Å²) in [7, 11) is -3.72. The lowest BCUT2D eigenvalue weighted by molar-refractivity contribution is -0.139. The van der Waals surface area contributed by atoms with Crippen molar-refractivity contribution in [3.63, 3.8) is 0 Å². The molecule has 0 unspecified atom stereocenters. The smallest absolute Gasteiger partial charge is 0.341 e. The van der Waals surface area contributed by atoms with Gasteiger partial charge in [-0.1, -0.05) is 12.6 Å². The lowest BCUT2D eigenvalue weighted by atomic mass is 10.1. The molecule has 1 rings (SSSR count). The van der Waals surface area contributed by atoms with Gasteiger partial charge in [0, 0.05) is 12.1 Å². The van der Waals surface area contributed by atoms with Crippen LogP contribution in [0.3, 0.4) is 0 Å². The highest BCUT2D eigenvalue weighted by Crippen LogP contribution is 2.28. The molecule has 0 amide bonds. The van der Waals surface area contributed by atoms with Crippen LogP contribution in [0.25, 0.3) is 0 Å². The van der Waals surface area contributed by atoms with Crippen LogP contribution in [0.4, 0.5) is 0 Å². The van der Waals surface area contributed by atoms with E-state index >= 15 is 0 Å². The minimum atomic E-state index is -3.72. The number of hydrogen-bond donors (Lipinski definition) is 2. The van der Waals surface area contributed by atoms with Crippen LogP contribution in [0.1, 0.15) is 11.1 Å². The first kappa shape index (κ1) is 17.0. The SMILES string of the molecule is C=C=CCNS(=O)(=O)c1ccc(C)c(OCC(=O)O)c1C. The van der Waals surface area contributed by atoms with E-state index in [1.807, 2.05) is 0 Å². The van der Waals surface area contributed by atoms with Crippen molar-refractivity contribution in [2.24, 2.45) is 0 Å². The number of ether oxygens (including phenoxy) is 1. The van der Waals surface area contributed by atoms with Gasteiger partial charge < -0.3 is 9.84 Å². The number of aryl methyl sites for hydroxylation is 1. The van der Waals surface area contributed by atoms with Gasteiger partial charge in [0.1, 0.15) is 5.75 Å². The molecule has 0 aromatic heterocycles. The number of sulfonamides is 1. The van der Waals surface area contributed by atoms with Crippen molar-refractivity contribution < 1.29 is 23.1 Å². The highest BCUT2D eigenvalue weighted by atomic mass is 32.2. The Bertz CT molecular complexity index is 688. The van der Waals surface area contributed by atoms with E-state index in [1.54, 1.807) is 19.9 Å². The molecule has 6 nitrogen and oxygen atoms in total. The summed E-state index contributed by atoms with van der Waals surface area (Å²) < 4.78 is 31.9. The van der Waals surface area contributed by atoms with Gasteiger partial charge in [0.15, 0.2) is 6.61 Å². The van der Waals surface area contributed by atoms with E-state index in [4.69, 9.17) is 9.84 Å². The number of carboxylic acid groups (broad SMARTS) is 1. The molecule has 0 saturated carbocycles. The molecule has 7 heteroatoms. The van der Waals surface area contributed by atoms with Gasteiger partial charge in [-0.3, -0.25) is 0 Å². The molecule has 0 aliphatic heterocycles. The second-order valence-corrected chi connectivity index (χ2v) is 6.01. The lowest BCUT2D eigenvalue weighted by Gasteiger charge is -2.14. The standard InChI is InChI=1S/C14H17NO5S/c1-4-5-8-15-21(18,19)12-7-6-10(2)14(11(12)3)20-9-13(16)17/h5-7,15H,1,8-9H2,2-3H3,(H,16,17). The fourth-order valence-electron chi connectivity index (χ4n) is 1.76. The predicted octanol–water partition coefficient (Wildman–Crippen LogP) is 1.39. The van der Waals surface area contributed by atoms with Gasteiger partial charge in [0.05, 0.1) is 4.90 Å². The third kappa shape index (κ3) is 4.46. The summed E-state index contributed by atoms with van der Waals surface area (Å²) in [6, 6.07) is 3.03. The molecule has 0 saturated heterocycles. The Hall–Kier alpha value is -2.08. The van der Waals surface area contributed by atoms with Crippen LogP contribution in [0.2, 0.25) is 0 Å². The van der Waals surface area contributed by atoms with Gasteiger partial charge in [0.25, 0.3) is 0 Å². The maximum atomic E-state index is 12.2. The van der Waals surface area contributed by atoms with Gasteiger partial charge in [-0.2, -0.15) is 0 Å². The van der Waals surface area contributed by atoms with Crippen molar-refractivity contribution in [3.05, 3.63) is 41.6 Å². The summed E-state index contributed by atoms with van der Waals surface area (Å²) in [5.41, 5.74) is 3.50. The van der Waals surface area contributed by atoms with Gasteiger partial charge in [-0.25, -0.2) is 17.9 Å². The maximum absolute atomic E-state index is 12.2. The van der Waals surface area contributed by atoms with Gasteiger partial charge in [0.2, 0.25) is 10.0 Å². The lowest BCUT2D eigenvalue weighted by Crippen LogP contribution is -2.24. The van der Waals surface area contributed by atoms with Crippen LogP contribution in [0.5, 0.6) is 5.75 Å². The van der Waals surface area contributed by atoms with Crippen molar-refractivity contribution in [2.75, 3.05) is 13.2 Å². The molecular formula is C14H17NO5S. The molecule has 0 fully saturated rings. The van der Waals surface area contributed by atoms with E-state index in [1.165, 1.54) is 12.1 Å². The largest absolute Gasteiger partial charge is 0.481 e. The molecule has 1 aromatic rings. The third-order valence-corrected chi connectivity index (χ3v) is 4.27. The first-order valence-corrected chi connectivity index (χ1v) is 7.56. The van der Waals surface area contributed by atoms with E-state index in [0.29, 0.717) is 11.1 Å². The zero-order valence-electron chi connectivity index (χ0n) is 11.8. The Morgan fingerprint density at radius 3 is 2.71 bits per heavy atom. The summed E-state index contributed by atoms with van der Waals surface area (Å²) in [5, 5.41) is 8.66. The summed E-state index contributed by atoms with van der Waals surface area (Å²) in [6.45, 7) is 6.18. The highest BCUT2D eigenvalue weighted by molar-refractivity contribution is 7.89. The predicted molar refractivity (Wildman–Crippen MR) is 77.9 cm³/mol. The number of carboxylic acids is 1.